The molecule has 2 aromatic carbocycles. The highest BCUT2D eigenvalue weighted by Crippen LogP contribution is 2.33. The Bertz CT molecular complexity index is 1260. The van der Waals surface area contributed by atoms with E-state index in [4.69, 9.17) is 4.74 Å². The predicted octanol–water partition coefficient (Wildman–Crippen LogP) is 3.97. The fraction of sp³-hybridized carbons (Fsp3) is 0.208. The van der Waals surface area contributed by atoms with Crippen molar-refractivity contribution in [3.63, 3.8) is 0 Å². The van der Waals surface area contributed by atoms with E-state index in [0.29, 0.717) is 34.6 Å². The molecule has 7 nitrogen and oxygen atoms in total. The highest BCUT2D eigenvalue weighted by Gasteiger charge is 2.25. The Morgan fingerprint density at radius 1 is 1.22 bits per heavy atom. The standard InChI is InChI=1S/C24H23FN4O3/c1-3-32-22-10-16(7-8-19(22)15-5-4-6-18(25)9-15)24(31)29(2)21(14-30)20-13-26-11-17-12-27-28-23(17)20/h4-13,21,30H,3,14H2,1-2H3,(H,27,28)/t21-/m1/s1. The first-order valence-corrected chi connectivity index (χ1v) is 10.2. The van der Waals surface area contributed by atoms with Crippen LogP contribution in [-0.2, 0) is 0 Å². The molecular formula is C24H23FN4O3. The Morgan fingerprint density at radius 2 is 2.06 bits per heavy atom. The van der Waals surface area contributed by atoms with E-state index in [1.807, 2.05) is 6.92 Å². The number of fused-ring (bicyclic) bond motifs is 1. The lowest BCUT2D eigenvalue weighted by atomic mass is 10.0. The van der Waals surface area contributed by atoms with Crippen LogP contribution < -0.4 is 4.74 Å². The molecule has 0 bridgehead atoms. The normalized spacial score (nSPS) is 12.0. The number of aromatic amines is 1. The number of carbonyl (C=O) groups is 1. The topological polar surface area (TPSA) is 91.3 Å². The smallest absolute Gasteiger partial charge is 0.254 e. The highest BCUT2D eigenvalue weighted by molar-refractivity contribution is 5.96. The molecule has 0 aliphatic rings. The molecule has 4 rings (SSSR count). The summed E-state index contributed by atoms with van der Waals surface area (Å²) in [5.74, 6) is -0.167. The number of pyridine rings is 1. The number of rotatable bonds is 7. The van der Waals surface area contributed by atoms with Gasteiger partial charge in [0, 0.05) is 41.5 Å². The SMILES string of the molecule is CCOc1cc(C(=O)N(C)[C@H](CO)c2cncc3cn[nH]c23)ccc1-c1cccc(F)c1. The largest absolute Gasteiger partial charge is 0.493 e. The summed E-state index contributed by atoms with van der Waals surface area (Å²) >= 11 is 0. The van der Waals surface area contributed by atoms with Crippen molar-refractivity contribution in [3.8, 4) is 16.9 Å². The Morgan fingerprint density at radius 3 is 2.81 bits per heavy atom. The van der Waals surface area contributed by atoms with E-state index in [9.17, 15) is 14.3 Å². The van der Waals surface area contributed by atoms with E-state index in [1.165, 1.54) is 17.0 Å². The van der Waals surface area contributed by atoms with Crippen molar-refractivity contribution in [3.05, 3.63) is 78.0 Å². The Hall–Kier alpha value is -3.78. The number of ether oxygens (including phenoxy) is 1. The lowest BCUT2D eigenvalue weighted by molar-refractivity contribution is 0.0659. The Balaban J connectivity index is 1.68. The van der Waals surface area contributed by atoms with Gasteiger partial charge in [0.2, 0.25) is 0 Å². The zero-order valence-corrected chi connectivity index (χ0v) is 17.7. The zero-order chi connectivity index (χ0) is 22.7. The van der Waals surface area contributed by atoms with Crippen LogP contribution in [0.25, 0.3) is 22.0 Å². The number of likely N-dealkylation sites (N-methyl/N-ethyl adjacent to an activating group) is 1. The van der Waals surface area contributed by atoms with E-state index < -0.39 is 6.04 Å². The Kier molecular flexibility index (Phi) is 6.13. The number of nitrogens with one attached hydrogen (secondary N) is 1. The van der Waals surface area contributed by atoms with Crippen LogP contribution in [0, 0.1) is 5.82 Å². The zero-order valence-electron chi connectivity index (χ0n) is 17.7. The minimum Gasteiger partial charge on any atom is -0.493 e. The fourth-order valence-electron chi connectivity index (χ4n) is 3.74. The van der Waals surface area contributed by atoms with Crippen molar-refractivity contribution >= 4 is 16.8 Å². The highest BCUT2D eigenvalue weighted by atomic mass is 19.1. The second-order valence-corrected chi connectivity index (χ2v) is 7.33. The van der Waals surface area contributed by atoms with Gasteiger partial charge in [0.15, 0.2) is 0 Å². The molecule has 32 heavy (non-hydrogen) atoms. The number of H-pyrrole nitrogens is 1. The van der Waals surface area contributed by atoms with Crippen molar-refractivity contribution in [1.82, 2.24) is 20.1 Å². The number of carbonyl (C=O) groups excluding carboxylic acids is 1. The average molecular weight is 434 g/mol. The monoisotopic (exact) mass is 434 g/mol. The quantitative estimate of drug-likeness (QED) is 0.459. The van der Waals surface area contributed by atoms with Crippen LogP contribution in [-0.4, -0.2) is 51.4 Å². The molecule has 1 amide bonds. The van der Waals surface area contributed by atoms with Gasteiger partial charge < -0.3 is 14.7 Å². The summed E-state index contributed by atoms with van der Waals surface area (Å²) in [7, 11) is 1.62. The first-order valence-electron chi connectivity index (χ1n) is 10.2. The van der Waals surface area contributed by atoms with E-state index >= 15 is 0 Å². The van der Waals surface area contributed by atoms with Crippen LogP contribution >= 0.6 is 0 Å². The van der Waals surface area contributed by atoms with Gasteiger partial charge in [0.05, 0.1) is 31.0 Å². The van der Waals surface area contributed by atoms with Crippen LogP contribution in [0.15, 0.2) is 61.1 Å². The van der Waals surface area contributed by atoms with Crippen molar-refractivity contribution in [2.45, 2.75) is 13.0 Å². The molecule has 2 aromatic heterocycles. The minimum absolute atomic E-state index is 0.290. The molecule has 0 spiro atoms. The molecular weight excluding hydrogens is 411 g/mol. The van der Waals surface area contributed by atoms with Gasteiger partial charge in [-0.1, -0.05) is 12.1 Å². The van der Waals surface area contributed by atoms with Crippen LogP contribution in [0.1, 0.15) is 28.9 Å². The van der Waals surface area contributed by atoms with Gasteiger partial charge in [0.25, 0.3) is 5.91 Å². The van der Waals surface area contributed by atoms with Crippen LogP contribution in [0.5, 0.6) is 5.75 Å². The predicted molar refractivity (Wildman–Crippen MR) is 119 cm³/mol. The van der Waals surface area contributed by atoms with Gasteiger partial charge in [-0.15, -0.1) is 0 Å². The second kappa shape index (κ2) is 9.15. The molecule has 0 aliphatic carbocycles. The lowest BCUT2D eigenvalue weighted by Gasteiger charge is -2.27. The summed E-state index contributed by atoms with van der Waals surface area (Å²) in [5.41, 5.74) is 3.12. The van der Waals surface area contributed by atoms with E-state index in [0.717, 1.165) is 10.9 Å². The number of nitrogens with zero attached hydrogens (tertiary/aromatic N) is 3. The molecule has 2 heterocycles. The Labute approximate surface area is 184 Å². The summed E-state index contributed by atoms with van der Waals surface area (Å²) in [6.45, 7) is 1.94. The van der Waals surface area contributed by atoms with Gasteiger partial charge in [-0.25, -0.2) is 4.39 Å². The maximum atomic E-state index is 13.7. The van der Waals surface area contributed by atoms with Gasteiger partial charge in [-0.3, -0.25) is 14.9 Å². The number of benzene rings is 2. The number of halogens is 1. The lowest BCUT2D eigenvalue weighted by Crippen LogP contribution is -2.33. The third-order valence-electron chi connectivity index (χ3n) is 5.37. The number of aromatic nitrogens is 3. The number of hydrogen-bond acceptors (Lipinski definition) is 5. The first kappa shape index (κ1) is 21.5. The van der Waals surface area contributed by atoms with Crippen molar-refractivity contribution < 1.29 is 19.0 Å². The van der Waals surface area contributed by atoms with E-state index in [-0.39, 0.29) is 18.3 Å². The first-order chi connectivity index (χ1) is 15.5. The molecule has 2 N–H and O–H groups in total. The molecule has 1 atom stereocenters. The average Bonchev–Trinajstić information content (AvgIpc) is 3.29. The molecule has 0 aliphatic heterocycles. The van der Waals surface area contributed by atoms with E-state index in [1.54, 1.807) is 56.0 Å². The van der Waals surface area contributed by atoms with Gasteiger partial charge in [0.1, 0.15) is 11.6 Å². The third kappa shape index (κ3) is 4.04. The molecule has 0 radical (unpaired) electrons. The van der Waals surface area contributed by atoms with Crippen molar-refractivity contribution in [1.29, 1.82) is 0 Å². The number of hydrogen-bond donors (Lipinski definition) is 2. The van der Waals surface area contributed by atoms with Crippen molar-refractivity contribution in [2.75, 3.05) is 20.3 Å². The summed E-state index contributed by atoms with van der Waals surface area (Å²) < 4.78 is 19.5. The van der Waals surface area contributed by atoms with Crippen LogP contribution in [0.3, 0.4) is 0 Å². The van der Waals surface area contributed by atoms with Gasteiger partial charge in [-0.2, -0.15) is 5.10 Å². The molecule has 164 valence electrons. The molecule has 4 aromatic rings. The molecule has 8 heteroatoms. The van der Waals surface area contributed by atoms with E-state index in [2.05, 4.69) is 15.2 Å². The summed E-state index contributed by atoms with van der Waals surface area (Å²) in [6, 6.07) is 10.6. The fourth-order valence-corrected chi connectivity index (χ4v) is 3.74. The van der Waals surface area contributed by atoms with Gasteiger partial charge >= 0.3 is 0 Å². The summed E-state index contributed by atoms with van der Waals surface area (Å²) in [6.07, 6.45) is 4.92. The second-order valence-electron chi connectivity index (χ2n) is 7.33. The molecule has 0 saturated heterocycles. The maximum Gasteiger partial charge on any atom is 0.254 e. The van der Waals surface area contributed by atoms with Crippen LogP contribution in [0.2, 0.25) is 0 Å². The van der Waals surface area contributed by atoms with Gasteiger partial charge in [-0.05, 0) is 42.8 Å². The van der Waals surface area contributed by atoms with Crippen LogP contribution in [0.4, 0.5) is 4.39 Å². The number of amides is 1. The molecule has 0 fully saturated rings. The molecule has 0 saturated carbocycles. The number of aliphatic hydroxyl groups excluding tert-OH is 1. The van der Waals surface area contributed by atoms with Crippen molar-refractivity contribution in [2.24, 2.45) is 0 Å². The summed E-state index contributed by atoms with van der Waals surface area (Å²) in [5, 5.41) is 17.8. The number of aliphatic hydroxyl groups is 1. The maximum absolute atomic E-state index is 13.7. The third-order valence-corrected chi connectivity index (χ3v) is 5.37. The molecule has 0 unspecified atom stereocenters. The minimum atomic E-state index is -0.627. The summed E-state index contributed by atoms with van der Waals surface area (Å²) in [4.78, 5) is 19.0.